The molecule has 1 heterocycles. The summed E-state index contributed by atoms with van der Waals surface area (Å²) in [6.07, 6.45) is 2.24. The Morgan fingerprint density at radius 2 is 1.74 bits per heavy atom. The largest absolute Gasteiger partial charge is 0.357 e. The van der Waals surface area contributed by atoms with Crippen molar-refractivity contribution in [3.05, 3.63) is 0 Å². The third-order valence-corrected chi connectivity index (χ3v) is 4.16. The number of guanidine groups is 1. The molecule has 134 valence electrons. The van der Waals surface area contributed by atoms with Crippen LogP contribution < -0.4 is 10.6 Å². The van der Waals surface area contributed by atoms with Gasteiger partial charge in [-0.2, -0.15) is 0 Å². The fourth-order valence-electron chi connectivity index (χ4n) is 2.97. The summed E-state index contributed by atoms with van der Waals surface area (Å²) in [6, 6.07) is 1.04. The first kappa shape index (κ1) is 19.7. The Morgan fingerprint density at radius 1 is 1.13 bits per heavy atom. The highest BCUT2D eigenvalue weighted by Crippen LogP contribution is 2.07. The van der Waals surface area contributed by atoms with Gasteiger partial charge in [-0.25, -0.2) is 4.99 Å². The molecule has 0 atom stereocenters. The lowest BCUT2D eigenvalue weighted by Gasteiger charge is -2.30. The predicted octanol–water partition coefficient (Wildman–Crippen LogP) is 1.28. The van der Waals surface area contributed by atoms with Crippen molar-refractivity contribution in [3.8, 4) is 0 Å². The molecule has 0 bridgehead atoms. The third-order valence-electron chi connectivity index (χ3n) is 4.16. The molecule has 0 aromatic carbocycles. The van der Waals surface area contributed by atoms with Crippen LogP contribution in [0.3, 0.4) is 0 Å². The van der Waals surface area contributed by atoms with E-state index in [0.29, 0.717) is 12.1 Å². The van der Waals surface area contributed by atoms with Crippen LogP contribution in [-0.2, 0) is 4.79 Å². The van der Waals surface area contributed by atoms with E-state index in [1.54, 1.807) is 0 Å². The number of nitrogens with one attached hydrogen (secondary N) is 2. The number of carbonyl (C=O) groups is 1. The van der Waals surface area contributed by atoms with Gasteiger partial charge in [-0.3, -0.25) is 9.69 Å². The zero-order valence-electron chi connectivity index (χ0n) is 15.6. The second kappa shape index (κ2) is 10.5. The van der Waals surface area contributed by atoms with Crippen molar-refractivity contribution in [2.24, 2.45) is 4.99 Å². The van der Waals surface area contributed by atoms with Crippen LogP contribution in [0.5, 0.6) is 0 Å². The number of hydrogen-bond acceptors (Lipinski definition) is 3. The maximum absolute atomic E-state index is 12.1. The fraction of sp³-hybridized carbons (Fsp3) is 0.882. The molecule has 2 N–H and O–H groups in total. The Labute approximate surface area is 141 Å². The van der Waals surface area contributed by atoms with Gasteiger partial charge >= 0.3 is 0 Å². The van der Waals surface area contributed by atoms with E-state index in [4.69, 9.17) is 0 Å². The minimum atomic E-state index is 0.130. The maximum atomic E-state index is 12.1. The van der Waals surface area contributed by atoms with Crippen LogP contribution in [0, 0.1) is 0 Å². The van der Waals surface area contributed by atoms with Crippen LogP contribution in [0.25, 0.3) is 0 Å². The Hall–Kier alpha value is -1.30. The van der Waals surface area contributed by atoms with Gasteiger partial charge in [0.1, 0.15) is 6.54 Å². The fourth-order valence-corrected chi connectivity index (χ4v) is 2.97. The number of carbonyl (C=O) groups excluding carboxylic acids is 1. The van der Waals surface area contributed by atoms with E-state index in [0.717, 1.165) is 51.5 Å². The minimum Gasteiger partial charge on any atom is -0.357 e. The number of aliphatic imine (C=N–C) groups is 1. The standard InChI is InChI=1S/C17H35N5O/c1-6-18-17(19-9-12-22(14(2)3)15(4)5)20-13-16(23)21-10-7-8-11-21/h14-15H,6-13H2,1-5H3,(H2,18,19,20). The first-order chi connectivity index (χ1) is 11.0. The molecule has 0 aliphatic carbocycles. The van der Waals surface area contributed by atoms with E-state index in [9.17, 15) is 4.79 Å². The molecule has 0 aromatic rings. The number of amides is 1. The van der Waals surface area contributed by atoms with E-state index in [2.05, 4.69) is 48.2 Å². The molecule has 1 amide bonds. The Kier molecular flexibility index (Phi) is 8.99. The average molecular weight is 326 g/mol. The van der Waals surface area contributed by atoms with Crippen LogP contribution >= 0.6 is 0 Å². The summed E-state index contributed by atoms with van der Waals surface area (Å²) in [5.41, 5.74) is 0. The summed E-state index contributed by atoms with van der Waals surface area (Å²) in [5.74, 6) is 0.859. The van der Waals surface area contributed by atoms with Gasteiger partial charge in [0.05, 0.1) is 0 Å². The normalized spacial score (nSPS) is 15.8. The zero-order valence-corrected chi connectivity index (χ0v) is 15.6. The summed E-state index contributed by atoms with van der Waals surface area (Å²) in [5, 5.41) is 6.54. The molecule has 1 saturated heterocycles. The van der Waals surface area contributed by atoms with Crippen LogP contribution in [0.4, 0.5) is 0 Å². The first-order valence-electron chi connectivity index (χ1n) is 9.01. The Morgan fingerprint density at radius 3 is 2.26 bits per heavy atom. The van der Waals surface area contributed by atoms with E-state index in [1.807, 2.05) is 11.8 Å². The summed E-state index contributed by atoms with van der Waals surface area (Å²) >= 11 is 0. The predicted molar refractivity (Wildman–Crippen MR) is 96.8 cm³/mol. The molecule has 0 aromatic heterocycles. The number of likely N-dealkylation sites (tertiary alicyclic amines) is 1. The number of nitrogens with zero attached hydrogens (tertiary/aromatic N) is 3. The summed E-state index contributed by atoms with van der Waals surface area (Å²) < 4.78 is 0. The van der Waals surface area contributed by atoms with Crippen molar-refractivity contribution < 1.29 is 4.79 Å². The second-order valence-electron chi connectivity index (χ2n) is 6.64. The van der Waals surface area contributed by atoms with E-state index >= 15 is 0 Å². The Bertz CT molecular complexity index is 367. The summed E-state index contributed by atoms with van der Waals surface area (Å²) in [6.45, 7) is 15.5. The molecule has 1 aliphatic heterocycles. The number of hydrogen-bond donors (Lipinski definition) is 2. The molecule has 6 nitrogen and oxygen atoms in total. The van der Waals surface area contributed by atoms with Gasteiger partial charge in [0.25, 0.3) is 0 Å². The molecule has 1 fully saturated rings. The average Bonchev–Trinajstić information content (AvgIpc) is 3.02. The van der Waals surface area contributed by atoms with Crippen LogP contribution in [-0.4, -0.2) is 73.0 Å². The quantitative estimate of drug-likeness (QED) is 0.521. The molecule has 6 heteroatoms. The van der Waals surface area contributed by atoms with E-state index in [-0.39, 0.29) is 12.5 Å². The number of rotatable bonds is 8. The van der Waals surface area contributed by atoms with E-state index in [1.165, 1.54) is 0 Å². The second-order valence-corrected chi connectivity index (χ2v) is 6.64. The molecule has 0 unspecified atom stereocenters. The highest BCUT2D eigenvalue weighted by Gasteiger charge is 2.17. The van der Waals surface area contributed by atoms with Gasteiger partial charge in [-0.1, -0.05) is 0 Å². The molecule has 1 aliphatic rings. The van der Waals surface area contributed by atoms with Crippen LogP contribution in [0.2, 0.25) is 0 Å². The monoisotopic (exact) mass is 325 g/mol. The maximum Gasteiger partial charge on any atom is 0.244 e. The Balaban J connectivity index is 2.43. The molecule has 0 radical (unpaired) electrons. The molecule has 0 spiro atoms. The van der Waals surface area contributed by atoms with Crippen molar-refractivity contribution in [3.63, 3.8) is 0 Å². The van der Waals surface area contributed by atoms with Crippen molar-refractivity contribution in [2.75, 3.05) is 39.3 Å². The topological polar surface area (TPSA) is 60.0 Å². The highest BCUT2D eigenvalue weighted by atomic mass is 16.2. The van der Waals surface area contributed by atoms with E-state index < -0.39 is 0 Å². The summed E-state index contributed by atoms with van der Waals surface area (Å²) in [4.78, 5) is 20.8. The molecule has 1 rings (SSSR count). The van der Waals surface area contributed by atoms with Crippen molar-refractivity contribution in [2.45, 2.75) is 59.5 Å². The van der Waals surface area contributed by atoms with Crippen molar-refractivity contribution in [1.82, 2.24) is 20.4 Å². The minimum absolute atomic E-state index is 0.130. The lowest BCUT2D eigenvalue weighted by Crippen LogP contribution is -2.45. The lowest BCUT2D eigenvalue weighted by molar-refractivity contribution is -0.128. The SMILES string of the molecule is CCNC(=NCC(=O)N1CCCC1)NCCN(C(C)C)C(C)C. The van der Waals surface area contributed by atoms with Gasteiger partial charge in [-0.15, -0.1) is 0 Å². The van der Waals surface area contributed by atoms with Crippen LogP contribution in [0.1, 0.15) is 47.5 Å². The molecule has 0 saturated carbocycles. The smallest absolute Gasteiger partial charge is 0.244 e. The highest BCUT2D eigenvalue weighted by molar-refractivity contribution is 5.85. The van der Waals surface area contributed by atoms with Crippen molar-refractivity contribution >= 4 is 11.9 Å². The lowest BCUT2D eigenvalue weighted by atomic mass is 10.2. The zero-order chi connectivity index (χ0) is 17.2. The van der Waals surface area contributed by atoms with Gasteiger partial charge in [0.15, 0.2) is 5.96 Å². The first-order valence-corrected chi connectivity index (χ1v) is 9.01. The van der Waals surface area contributed by atoms with Gasteiger partial charge in [0.2, 0.25) is 5.91 Å². The summed E-state index contributed by atoms with van der Waals surface area (Å²) in [7, 11) is 0. The molecule has 23 heavy (non-hydrogen) atoms. The molecular formula is C17H35N5O. The third kappa shape index (κ3) is 7.20. The van der Waals surface area contributed by atoms with Crippen molar-refractivity contribution in [1.29, 1.82) is 0 Å². The van der Waals surface area contributed by atoms with Crippen LogP contribution in [0.15, 0.2) is 4.99 Å². The van der Waals surface area contributed by atoms with Gasteiger partial charge in [-0.05, 0) is 47.5 Å². The molecular weight excluding hydrogens is 290 g/mol. The van der Waals surface area contributed by atoms with Gasteiger partial charge in [0, 0.05) is 44.8 Å². The van der Waals surface area contributed by atoms with Gasteiger partial charge < -0.3 is 15.5 Å².